The van der Waals surface area contributed by atoms with Gasteiger partial charge in [-0.1, -0.05) is 84.9 Å². The molecule has 16 heteroatoms. The van der Waals surface area contributed by atoms with Crippen LogP contribution in [-0.4, -0.2) is 107 Å². The van der Waals surface area contributed by atoms with Crippen LogP contribution >= 0.6 is 0 Å². The second kappa shape index (κ2) is 22.0. The molecule has 4 unspecified atom stereocenters. The molecule has 68 heavy (non-hydrogen) atoms. The number of methoxy groups -OCH3 is 2. The van der Waals surface area contributed by atoms with E-state index in [0.717, 1.165) is 47.2 Å². The first-order chi connectivity index (χ1) is 33.1. The minimum Gasteiger partial charge on any atom is -0.487 e. The molecule has 4 atom stereocenters. The lowest BCUT2D eigenvalue weighted by Crippen LogP contribution is -2.42. The molecule has 0 saturated carbocycles. The van der Waals surface area contributed by atoms with E-state index in [-0.39, 0.29) is 48.9 Å². The highest BCUT2D eigenvalue weighted by Gasteiger charge is 2.38. The van der Waals surface area contributed by atoms with Gasteiger partial charge in [0.05, 0.1) is 49.1 Å². The number of aromatic amines is 2. The van der Waals surface area contributed by atoms with Crippen molar-refractivity contribution in [1.82, 2.24) is 40.4 Å². The normalized spacial score (nSPS) is 16.6. The number of nitrogens with zero attached hydrogens (tertiary/aromatic N) is 4. The Morgan fingerprint density at radius 1 is 0.588 bits per heavy atom. The van der Waals surface area contributed by atoms with E-state index in [9.17, 15) is 19.2 Å². The topological polar surface area (TPSA) is 193 Å². The summed E-state index contributed by atoms with van der Waals surface area (Å²) >= 11 is 0. The fraction of sp³-hybridized carbons (Fsp3) is 0.346. The molecule has 2 saturated heterocycles. The third-order valence-electron chi connectivity index (χ3n) is 12.3. The van der Waals surface area contributed by atoms with Crippen LogP contribution in [0.15, 0.2) is 109 Å². The molecule has 0 radical (unpaired) electrons. The van der Waals surface area contributed by atoms with Crippen LogP contribution < -0.4 is 20.1 Å². The summed E-state index contributed by atoms with van der Waals surface area (Å²) in [6.07, 6.45) is 6.56. The Morgan fingerprint density at radius 2 is 1.03 bits per heavy atom. The van der Waals surface area contributed by atoms with Crippen LogP contribution in [0.25, 0.3) is 33.6 Å². The van der Waals surface area contributed by atoms with Gasteiger partial charge in [-0.15, -0.1) is 0 Å². The molecule has 16 nitrogen and oxygen atoms in total. The highest BCUT2D eigenvalue weighted by atomic mass is 16.5. The number of ether oxygens (including phenoxy) is 4. The third kappa shape index (κ3) is 10.6. The van der Waals surface area contributed by atoms with E-state index in [1.165, 1.54) is 13.8 Å². The van der Waals surface area contributed by atoms with Crippen LogP contribution in [0.3, 0.4) is 0 Å². The molecule has 2 fully saturated rings. The number of carbonyl (C=O) groups excluding carboxylic acids is 4. The zero-order chi connectivity index (χ0) is 47.6. The Bertz CT molecular complexity index is 2670. The predicted octanol–water partition coefficient (Wildman–Crippen LogP) is 7.27. The summed E-state index contributed by atoms with van der Waals surface area (Å²) in [7, 11) is 3.23. The third-order valence-corrected chi connectivity index (χ3v) is 12.3. The summed E-state index contributed by atoms with van der Waals surface area (Å²) in [5.74, 6) is 1.38. The molecule has 0 spiro atoms. The van der Waals surface area contributed by atoms with Crippen molar-refractivity contribution in [2.45, 2.75) is 63.7 Å². The highest BCUT2D eigenvalue weighted by Crippen LogP contribution is 2.46. The quantitative estimate of drug-likeness (QED) is 0.0601. The van der Waals surface area contributed by atoms with Crippen LogP contribution in [0.5, 0.6) is 11.5 Å². The van der Waals surface area contributed by atoms with Gasteiger partial charge in [0.15, 0.2) is 11.5 Å². The molecular formula is C52H58N8O8. The monoisotopic (exact) mass is 922 g/mol. The van der Waals surface area contributed by atoms with Crippen molar-refractivity contribution >= 4 is 23.6 Å². The number of likely N-dealkylation sites (tertiary alicyclic amines) is 2. The molecule has 4 heterocycles. The lowest BCUT2D eigenvalue weighted by molar-refractivity contribution is -0.137. The summed E-state index contributed by atoms with van der Waals surface area (Å²) in [4.78, 5) is 72.8. The second-order valence-electron chi connectivity index (χ2n) is 16.9. The van der Waals surface area contributed by atoms with Gasteiger partial charge in [-0.25, -0.2) is 9.97 Å². The number of imidazole rings is 2. The lowest BCUT2D eigenvalue weighted by atomic mass is 9.98. The Labute approximate surface area is 395 Å². The highest BCUT2D eigenvalue weighted by molar-refractivity contribution is 5.89. The van der Waals surface area contributed by atoms with Crippen molar-refractivity contribution in [1.29, 1.82) is 0 Å². The number of nitrogens with one attached hydrogen (secondary N) is 4. The molecule has 4 aromatic carbocycles. The van der Waals surface area contributed by atoms with Gasteiger partial charge in [0, 0.05) is 52.3 Å². The Hall–Kier alpha value is -7.30. The number of hydrogen-bond acceptors (Lipinski definition) is 10. The average Bonchev–Trinajstić information content (AvgIpc) is 4.21. The maximum atomic E-state index is 14.1. The standard InChI is InChI=1S/C52H58N8O8/c1-33(61)55-45(37-13-7-5-8-14-37)51(63)59-25-11-17-43(59)49-53-31-41(57-49)36-21-19-35(20-22-36)39-23-24-40(48(68-30-28-66-4)47(39)67-29-27-65-3)42-32-54-50(58-42)44-18-12-26-60(44)52(64)46(56-34(2)62)38-15-9-6-10-16-38/h5-10,13-16,19-24,31-32,43-46H,11-12,17-18,25-30H2,1-4H3,(H,53,57)(H,54,58)(H,55,61)(H,56,62). The predicted molar refractivity (Wildman–Crippen MR) is 255 cm³/mol. The van der Waals surface area contributed by atoms with Crippen molar-refractivity contribution in [3.05, 3.63) is 132 Å². The summed E-state index contributed by atoms with van der Waals surface area (Å²) in [5, 5.41) is 5.71. The maximum absolute atomic E-state index is 14.1. The maximum Gasteiger partial charge on any atom is 0.250 e. The number of H-pyrrole nitrogens is 2. The molecule has 0 bridgehead atoms. The van der Waals surface area contributed by atoms with Gasteiger partial charge in [0.25, 0.3) is 0 Å². The van der Waals surface area contributed by atoms with Gasteiger partial charge < -0.3 is 49.3 Å². The number of hydrogen-bond donors (Lipinski definition) is 4. The molecule has 4 N–H and O–H groups in total. The molecular weight excluding hydrogens is 865 g/mol. The van der Waals surface area contributed by atoms with Gasteiger partial charge in [-0.05, 0) is 60.1 Å². The zero-order valence-corrected chi connectivity index (χ0v) is 38.8. The first-order valence-corrected chi connectivity index (χ1v) is 23.0. The van der Waals surface area contributed by atoms with Crippen LogP contribution in [0, 0.1) is 0 Å². The molecule has 6 aromatic rings. The van der Waals surface area contributed by atoms with E-state index in [4.69, 9.17) is 28.9 Å². The molecule has 354 valence electrons. The van der Waals surface area contributed by atoms with E-state index < -0.39 is 12.1 Å². The van der Waals surface area contributed by atoms with Crippen molar-refractivity contribution in [2.24, 2.45) is 0 Å². The molecule has 4 amide bonds. The van der Waals surface area contributed by atoms with Gasteiger partial charge in [0.1, 0.15) is 36.9 Å². The van der Waals surface area contributed by atoms with Crippen LogP contribution in [0.4, 0.5) is 0 Å². The average molecular weight is 923 g/mol. The van der Waals surface area contributed by atoms with Gasteiger partial charge in [-0.2, -0.15) is 0 Å². The van der Waals surface area contributed by atoms with Gasteiger partial charge >= 0.3 is 0 Å². The number of carbonyl (C=O) groups is 4. The van der Waals surface area contributed by atoms with Gasteiger partial charge in [0.2, 0.25) is 23.6 Å². The lowest BCUT2D eigenvalue weighted by Gasteiger charge is -2.28. The minimum atomic E-state index is -0.827. The number of amides is 4. The molecule has 2 aromatic heterocycles. The number of rotatable bonds is 19. The van der Waals surface area contributed by atoms with E-state index >= 15 is 0 Å². The van der Waals surface area contributed by atoms with Crippen molar-refractivity contribution in [3.8, 4) is 45.1 Å². The molecule has 2 aliphatic heterocycles. The van der Waals surface area contributed by atoms with E-state index in [0.29, 0.717) is 72.7 Å². The fourth-order valence-corrected chi connectivity index (χ4v) is 9.10. The van der Waals surface area contributed by atoms with Crippen LogP contribution in [0.2, 0.25) is 0 Å². The molecule has 0 aliphatic carbocycles. The Morgan fingerprint density at radius 3 is 1.51 bits per heavy atom. The number of benzene rings is 4. The SMILES string of the molecule is COCCOc1c(-c2ccc(-c3cnc(C4CCCN4C(=O)C(NC(C)=O)c4ccccc4)[nH]3)cc2)ccc(-c2cnc(C3CCCN3C(=O)C(NC(C)=O)c3ccccc3)[nH]2)c1OCCOC. The van der Waals surface area contributed by atoms with E-state index in [2.05, 4.69) is 20.6 Å². The minimum absolute atomic E-state index is 0.173. The largest absolute Gasteiger partial charge is 0.487 e. The second-order valence-corrected chi connectivity index (χ2v) is 16.9. The zero-order valence-electron chi connectivity index (χ0n) is 38.8. The van der Waals surface area contributed by atoms with E-state index in [1.807, 2.05) is 102 Å². The summed E-state index contributed by atoms with van der Waals surface area (Å²) in [6.45, 7) is 5.09. The number of aromatic nitrogens is 4. The summed E-state index contributed by atoms with van der Waals surface area (Å²) in [5.41, 5.74) is 6.18. The van der Waals surface area contributed by atoms with Crippen LogP contribution in [0.1, 0.15) is 86.5 Å². The van der Waals surface area contributed by atoms with E-state index in [1.54, 1.807) is 31.5 Å². The summed E-state index contributed by atoms with van der Waals surface area (Å²) in [6, 6.07) is 28.3. The first kappa shape index (κ1) is 47.2. The van der Waals surface area contributed by atoms with Crippen molar-refractivity contribution in [2.75, 3.05) is 53.7 Å². The molecule has 2 aliphatic rings. The van der Waals surface area contributed by atoms with Crippen LogP contribution in [-0.2, 0) is 28.7 Å². The first-order valence-electron chi connectivity index (χ1n) is 23.0. The smallest absolute Gasteiger partial charge is 0.250 e. The van der Waals surface area contributed by atoms with Crippen molar-refractivity contribution in [3.63, 3.8) is 0 Å². The Kier molecular flexibility index (Phi) is 15.3. The van der Waals surface area contributed by atoms with Gasteiger partial charge in [-0.3, -0.25) is 19.2 Å². The fourth-order valence-electron chi connectivity index (χ4n) is 9.10. The summed E-state index contributed by atoms with van der Waals surface area (Å²) < 4.78 is 23.8. The Balaban J connectivity index is 1.06. The molecule has 8 rings (SSSR count). The van der Waals surface area contributed by atoms with Crippen molar-refractivity contribution < 1.29 is 38.1 Å².